The molecule has 1 aliphatic heterocycles. The number of nitrogens with two attached hydrogens (primary N) is 1. The minimum Gasteiger partial charge on any atom is -0.426 e. The first-order valence-electron chi connectivity index (χ1n) is 11.1. The number of hydrogen-bond donors (Lipinski definition) is 1. The Balaban J connectivity index is 2.00. The SMILES string of the molecule is CCN(C(=O)CC(C)(C)c1ccccc1OC(C)=O)[C@H]1C[C@H](C)S(=O)(=O)c2sc(S(N)(=O)=O)cc21. The van der Waals surface area contributed by atoms with E-state index in [9.17, 15) is 26.4 Å². The predicted octanol–water partition coefficient (Wildman–Crippen LogP) is 3.14. The Labute approximate surface area is 210 Å². The highest BCUT2D eigenvalue weighted by molar-refractivity contribution is 7.95. The van der Waals surface area contributed by atoms with Crippen LogP contribution in [0.3, 0.4) is 0 Å². The number of benzene rings is 1. The third-order valence-corrected chi connectivity index (χ3v) is 11.5. The Kier molecular flexibility index (Phi) is 7.52. The van der Waals surface area contributed by atoms with Gasteiger partial charge in [0.2, 0.25) is 15.9 Å². The molecular formula is C23H30N2O7S3. The smallest absolute Gasteiger partial charge is 0.308 e. The number of nitrogens with zero attached hydrogens (tertiary/aromatic N) is 1. The van der Waals surface area contributed by atoms with Crippen LogP contribution in [0, 0.1) is 0 Å². The van der Waals surface area contributed by atoms with E-state index in [2.05, 4.69) is 0 Å². The van der Waals surface area contributed by atoms with Crippen molar-refractivity contribution in [3.63, 3.8) is 0 Å². The van der Waals surface area contributed by atoms with Gasteiger partial charge in [0.25, 0.3) is 0 Å². The number of esters is 1. The standard InChI is InChI=1S/C23H30N2O7S3/c1-6-25(20(27)13-23(4,5)17-9-7-8-10-19(17)32-15(3)26)18-11-14(2)34(28,29)22-16(18)12-21(33-22)35(24,30)31/h7-10,12,14,18H,6,11,13H2,1-5H3,(H2,24,30,31)/t14-,18-/m0/s1. The lowest BCUT2D eigenvalue weighted by Gasteiger charge is -2.38. The largest absolute Gasteiger partial charge is 0.426 e. The van der Waals surface area contributed by atoms with Gasteiger partial charge in [0.15, 0.2) is 9.84 Å². The highest BCUT2D eigenvalue weighted by Gasteiger charge is 2.43. The molecule has 0 aliphatic carbocycles. The first-order valence-corrected chi connectivity index (χ1v) is 15.0. The second-order valence-electron chi connectivity index (χ2n) is 9.29. The summed E-state index contributed by atoms with van der Waals surface area (Å²) in [5, 5.41) is 4.47. The lowest BCUT2D eigenvalue weighted by Crippen LogP contribution is -2.42. The normalized spacial score (nSPS) is 19.6. The van der Waals surface area contributed by atoms with Crippen molar-refractivity contribution < 1.29 is 31.2 Å². The molecule has 0 saturated heterocycles. The van der Waals surface area contributed by atoms with Crippen molar-refractivity contribution in [1.82, 2.24) is 4.90 Å². The average molecular weight is 543 g/mol. The van der Waals surface area contributed by atoms with E-state index >= 15 is 0 Å². The Morgan fingerprint density at radius 2 is 1.89 bits per heavy atom. The van der Waals surface area contributed by atoms with E-state index in [1.54, 1.807) is 43.0 Å². The first-order chi connectivity index (χ1) is 16.1. The number of sulfonamides is 1. The van der Waals surface area contributed by atoms with Gasteiger partial charge in [-0.05, 0) is 32.4 Å². The number of amides is 1. The molecule has 0 unspecified atom stereocenters. The Bertz CT molecular complexity index is 1360. The number of para-hydroxylation sites is 1. The van der Waals surface area contributed by atoms with Gasteiger partial charge in [0.1, 0.15) is 14.2 Å². The van der Waals surface area contributed by atoms with Crippen LogP contribution in [0.2, 0.25) is 0 Å². The van der Waals surface area contributed by atoms with Gasteiger partial charge in [0.05, 0.1) is 11.3 Å². The van der Waals surface area contributed by atoms with E-state index in [4.69, 9.17) is 9.88 Å². The van der Waals surface area contributed by atoms with Gasteiger partial charge in [-0.15, -0.1) is 11.3 Å². The predicted molar refractivity (Wildman–Crippen MR) is 132 cm³/mol. The molecule has 192 valence electrons. The topological polar surface area (TPSA) is 141 Å². The number of hydrogen-bond acceptors (Lipinski definition) is 8. The highest BCUT2D eigenvalue weighted by atomic mass is 32.3. The quantitative estimate of drug-likeness (QED) is 0.418. The summed E-state index contributed by atoms with van der Waals surface area (Å²) in [4.78, 5) is 26.7. The third kappa shape index (κ3) is 5.45. The van der Waals surface area contributed by atoms with Crippen LogP contribution in [0.5, 0.6) is 5.75 Å². The number of carbonyl (C=O) groups excluding carboxylic acids is 2. The molecule has 2 atom stereocenters. The van der Waals surface area contributed by atoms with E-state index in [-0.39, 0.29) is 39.3 Å². The Hall–Kier alpha value is -2.28. The van der Waals surface area contributed by atoms with Crippen molar-refractivity contribution >= 4 is 43.1 Å². The summed E-state index contributed by atoms with van der Waals surface area (Å²) in [6.45, 7) is 8.67. The van der Waals surface area contributed by atoms with Crippen LogP contribution >= 0.6 is 11.3 Å². The van der Waals surface area contributed by atoms with Crippen LogP contribution in [0.25, 0.3) is 0 Å². The minimum absolute atomic E-state index is 0.0538. The summed E-state index contributed by atoms with van der Waals surface area (Å²) in [7, 11) is -7.85. The van der Waals surface area contributed by atoms with Gasteiger partial charge in [-0.3, -0.25) is 9.59 Å². The molecule has 9 nitrogen and oxygen atoms in total. The van der Waals surface area contributed by atoms with Gasteiger partial charge < -0.3 is 9.64 Å². The molecule has 1 aromatic carbocycles. The van der Waals surface area contributed by atoms with Gasteiger partial charge in [-0.2, -0.15) is 0 Å². The lowest BCUT2D eigenvalue weighted by molar-refractivity contribution is -0.135. The fourth-order valence-electron chi connectivity index (χ4n) is 4.42. The van der Waals surface area contributed by atoms with Gasteiger partial charge in [-0.25, -0.2) is 22.0 Å². The van der Waals surface area contributed by atoms with E-state index in [0.717, 1.165) is 0 Å². The molecule has 12 heteroatoms. The second kappa shape index (κ2) is 9.64. The summed E-state index contributed by atoms with van der Waals surface area (Å²) in [6, 6.07) is 7.66. The molecule has 1 aromatic heterocycles. The molecule has 0 fully saturated rings. The molecule has 0 radical (unpaired) electrons. The number of ether oxygens (including phenoxy) is 1. The summed E-state index contributed by atoms with van der Waals surface area (Å²) >= 11 is 0.627. The molecule has 0 saturated carbocycles. The van der Waals surface area contributed by atoms with Crippen molar-refractivity contribution in [3.05, 3.63) is 41.5 Å². The third-order valence-electron chi connectivity index (χ3n) is 6.19. The average Bonchev–Trinajstić information content (AvgIpc) is 3.19. The van der Waals surface area contributed by atoms with Crippen molar-refractivity contribution in [3.8, 4) is 5.75 Å². The zero-order valence-corrected chi connectivity index (χ0v) is 22.7. The molecule has 2 aromatic rings. The molecule has 35 heavy (non-hydrogen) atoms. The number of primary sulfonamides is 1. The molecule has 1 aliphatic rings. The van der Waals surface area contributed by atoms with Gasteiger partial charge in [-0.1, -0.05) is 32.0 Å². The van der Waals surface area contributed by atoms with Gasteiger partial charge >= 0.3 is 5.97 Å². The number of sulfone groups is 1. The van der Waals surface area contributed by atoms with Crippen LogP contribution in [0.4, 0.5) is 0 Å². The zero-order chi connectivity index (χ0) is 26.3. The number of rotatable bonds is 7. The van der Waals surface area contributed by atoms with Crippen molar-refractivity contribution in [1.29, 1.82) is 0 Å². The Morgan fingerprint density at radius 3 is 2.46 bits per heavy atom. The molecule has 2 heterocycles. The molecule has 0 bridgehead atoms. The van der Waals surface area contributed by atoms with E-state index < -0.39 is 42.5 Å². The van der Waals surface area contributed by atoms with Crippen LogP contribution < -0.4 is 9.88 Å². The Morgan fingerprint density at radius 1 is 1.26 bits per heavy atom. The van der Waals surface area contributed by atoms with E-state index in [1.165, 1.54) is 13.0 Å². The maximum absolute atomic E-state index is 13.6. The summed E-state index contributed by atoms with van der Waals surface area (Å²) < 4.78 is 54.8. The van der Waals surface area contributed by atoms with Crippen LogP contribution in [-0.2, 0) is 34.9 Å². The van der Waals surface area contributed by atoms with Crippen LogP contribution in [-0.4, -0.2) is 45.4 Å². The number of carbonyl (C=O) groups is 2. The molecular weight excluding hydrogens is 512 g/mol. The molecule has 0 spiro atoms. The van der Waals surface area contributed by atoms with Crippen molar-refractivity contribution in [2.45, 2.75) is 72.6 Å². The van der Waals surface area contributed by atoms with E-state index in [1.807, 2.05) is 13.8 Å². The first kappa shape index (κ1) is 27.3. The zero-order valence-electron chi connectivity index (χ0n) is 20.3. The fourth-order valence-corrected chi connectivity index (χ4v) is 8.82. The molecule has 2 N–H and O–H groups in total. The second-order valence-corrected chi connectivity index (χ2v) is 14.7. The van der Waals surface area contributed by atoms with Gasteiger partial charge in [0, 0.05) is 36.4 Å². The number of fused-ring (bicyclic) bond motifs is 1. The van der Waals surface area contributed by atoms with Crippen molar-refractivity contribution in [2.24, 2.45) is 5.14 Å². The summed E-state index contributed by atoms with van der Waals surface area (Å²) in [5.41, 5.74) is 0.254. The van der Waals surface area contributed by atoms with E-state index in [0.29, 0.717) is 22.6 Å². The maximum atomic E-state index is 13.6. The van der Waals surface area contributed by atoms with Crippen LogP contribution in [0.1, 0.15) is 64.6 Å². The fraction of sp³-hybridized carbons (Fsp3) is 0.478. The molecule has 3 rings (SSSR count). The molecule has 1 amide bonds. The minimum atomic E-state index is -4.11. The summed E-state index contributed by atoms with van der Waals surface area (Å²) in [5.74, 6) is -0.333. The lowest BCUT2D eigenvalue weighted by atomic mass is 9.80. The summed E-state index contributed by atoms with van der Waals surface area (Å²) in [6.07, 6.45) is 0.193. The van der Waals surface area contributed by atoms with Crippen molar-refractivity contribution in [2.75, 3.05) is 6.54 Å². The number of thiophene rings is 1. The maximum Gasteiger partial charge on any atom is 0.308 e. The monoisotopic (exact) mass is 542 g/mol. The highest BCUT2D eigenvalue weighted by Crippen LogP contribution is 2.45. The van der Waals surface area contributed by atoms with Crippen LogP contribution in [0.15, 0.2) is 38.8 Å².